The van der Waals surface area contributed by atoms with Crippen LogP contribution in [0.3, 0.4) is 0 Å². The summed E-state index contributed by atoms with van der Waals surface area (Å²) in [7, 11) is 0. The van der Waals surface area contributed by atoms with Gasteiger partial charge in [-0.05, 0) is 35.9 Å². The number of fused-ring (bicyclic) bond motifs is 1. The lowest BCUT2D eigenvalue weighted by Crippen LogP contribution is -2.32. The molecule has 2 amide bonds. The lowest BCUT2D eigenvalue weighted by atomic mass is 10.1. The number of ether oxygens (including phenoxy) is 1. The average molecular weight is 325 g/mol. The predicted octanol–water partition coefficient (Wildman–Crippen LogP) is 2.64. The first-order chi connectivity index (χ1) is 11.6. The van der Waals surface area contributed by atoms with Crippen molar-refractivity contribution in [2.45, 2.75) is 0 Å². The molecule has 0 saturated carbocycles. The van der Waals surface area contributed by atoms with Crippen molar-refractivity contribution in [3.05, 3.63) is 77.1 Å². The van der Waals surface area contributed by atoms with E-state index in [4.69, 9.17) is 4.74 Å². The summed E-state index contributed by atoms with van der Waals surface area (Å²) in [6.45, 7) is -0.474. The zero-order valence-electron chi connectivity index (χ0n) is 12.4. The molecule has 24 heavy (non-hydrogen) atoms. The zero-order chi connectivity index (χ0) is 17.1. The van der Waals surface area contributed by atoms with Crippen LogP contribution in [0.25, 0.3) is 6.08 Å². The second-order valence-corrected chi connectivity index (χ2v) is 5.06. The van der Waals surface area contributed by atoms with Crippen LogP contribution in [0.15, 0.2) is 54.6 Å². The number of amides is 2. The number of hydrogen-bond donors (Lipinski definition) is 0. The van der Waals surface area contributed by atoms with Crippen LogP contribution in [0.2, 0.25) is 0 Å². The van der Waals surface area contributed by atoms with Gasteiger partial charge in [0.15, 0.2) is 6.73 Å². The van der Waals surface area contributed by atoms with Gasteiger partial charge in [0.25, 0.3) is 11.8 Å². The first-order valence-electron chi connectivity index (χ1n) is 7.12. The Bertz CT molecular complexity index is 825. The highest BCUT2D eigenvalue weighted by Crippen LogP contribution is 2.22. The molecule has 2 aromatic rings. The lowest BCUT2D eigenvalue weighted by molar-refractivity contribution is -0.140. The summed E-state index contributed by atoms with van der Waals surface area (Å²) in [5.41, 5.74) is 1.07. The van der Waals surface area contributed by atoms with Gasteiger partial charge in [-0.2, -0.15) is 0 Å². The fourth-order valence-electron chi connectivity index (χ4n) is 2.31. The fourth-order valence-corrected chi connectivity index (χ4v) is 2.31. The Hall–Kier alpha value is -3.28. The third-order valence-electron chi connectivity index (χ3n) is 3.47. The topological polar surface area (TPSA) is 63.7 Å². The van der Waals surface area contributed by atoms with E-state index in [0.29, 0.717) is 5.56 Å². The molecule has 0 spiro atoms. The van der Waals surface area contributed by atoms with Gasteiger partial charge in [-0.25, -0.2) is 14.1 Å². The number of hydrogen-bond acceptors (Lipinski definition) is 4. The maximum atomic E-state index is 13.0. The average Bonchev–Trinajstić information content (AvgIpc) is 2.83. The lowest BCUT2D eigenvalue weighted by Gasteiger charge is -2.12. The van der Waals surface area contributed by atoms with E-state index < -0.39 is 30.3 Å². The van der Waals surface area contributed by atoms with Crippen LogP contribution in [0.5, 0.6) is 0 Å². The molecule has 120 valence electrons. The van der Waals surface area contributed by atoms with Crippen molar-refractivity contribution >= 4 is 23.9 Å². The summed E-state index contributed by atoms with van der Waals surface area (Å²) in [5.74, 6) is -2.16. The summed E-state index contributed by atoms with van der Waals surface area (Å²) in [6, 6.07) is 12.1. The summed E-state index contributed by atoms with van der Waals surface area (Å²) in [6.07, 6.45) is 2.49. The predicted molar refractivity (Wildman–Crippen MR) is 83.3 cm³/mol. The number of carbonyl (C=O) groups excluding carboxylic acids is 3. The molecule has 1 aliphatic heterocycles. The first kappa shape index (κ1) is 15.6. The normalized spacial score (nSPS) is 13.5. The second kappa shape index (κ2) is 6.45. The van der Waals surface area contributed by atoms with Gasteiger partial charge >= 0.3 is 5.97 Å². The molecule has 0 bridgehead atoms. The molecule has 0 unspecified atom stereocenters. The summed E-state index contributed by atoms with van der Waals surface area (Å²) < 4.78 is 17.9. The minimum Gasteiger partial charge on any atom is -0.441 e. The molecule has 6 heteroatoms. The molecule has 1 heterocycles. The molecular formula is C18H12FNO4. The van der Waals surface area contributed by atoms with Crippen molar-refractivity contribution < 1.29 is 23.5 Å². The highest BCUT2D eigenvalue weighted by atomic mass is 19.1. The number of halogens is 1. The number of nitrogens with zero attached hydrogens (tertiary/aromatic N) is 1. The molecule has 0 N–H and O–H groups in total. The number of carbonyl (C=O) groups is 3. The summed E-state index contributed by atoms with van der Waals surface area (Å²) in [4.78, 5) is 36.7. The van der Waals surface area contributed by atoms with Gasteiger partial charge in [0.2, 0.25) is 0 Å². The molecule has 0 radical (unpaired) electrons. The quantitative estimate of drug-likeness (QED) is 0.492. The van der Waals surface area contributed by atoms with Gasteiger partial charge in [-0.15, -0.1) is 0 Å². The maximum absolute atomic E-state index is 13.0. The van der Waals surface area contributed by atoms with Gasteiger partial charge in [0.05, 0.1) is 11.1 Å². The van der Waals surface area contributed by atoms with Crippen molar-refractivity contribution in [3.8, 4) is 0 Å². The monoisotopic (exact) mass is 325 g/mol. The van der Waals surface area contributed by atoms with Crippen molar-refractivity contribution in [2.75, 3.05) is 6.73 Å². The van der Waals surface area contributed by atoms with Crippen molar-refractivity contribution in [2.24, 2.45) is 0 Å². The Morgan fingerprint density at radius 1 is 1.04 bits per heavy atom. The molecule has 0 atom stereocenters. The SMILES string of the molecule is O=C(/C=C/c1cccc(F)c1)OCN1C(=O)c2ccccc2C1=O. The number of benzene rings is 2. The second-order valence-electron chi connectivity index (χ2n) is 5.06. The Balaban J connectivity index is 1.61. The Kier molecular flexibility index (Phi) is 4.20. The van der Waals surface area contributed by atoms with Crippen molar-refractivity contribution in [3.63, 3.8) is 0 Å². The molecule has 0 fully saturated rings. The molecule has 3 rings (SSSR count). The molecular weight excluding hydrogens is 313 g/mol. The first-order valence-corrected chi connectivity index (χ1v) is 7.12. The number of imide groups is 1. The van der Waals surface area contributed by atoms with E-state index in [9.17, 15) is 18.8 Å². The Morgan fingerprint density at radius 2 is 1.71 bits per heavy atom. The smallest absolute Gasteiger partial charge is 0.332 e. The molecule has 2 aromatic carbocycles. The van der Waals surface area contributed by atoms with Crippen LogP contribution < -0.4 is 0 Å². The van der Waals surface area contributed by atoms with E-state index in [1.54, 1.807) is 30.3 Å². The highest BCUT2D eigenvalue weighted by Gasteiger charge is 2.35. The van der Waals surface area contributed by atoms with Crippen LogP contribution >= 0.6 is 0 Å². The Labute approximate surface area is 137 Å². The van der Waals surface area contributed by atoms with Gasteiger partial charge in [-0.1, -0.05) is 24.3 Å². The number of rotatable bonds is 4. The molecule has 0 aliphatic carbocycles. The Morgan fingerprint density at radius 3 is 2.33 bits per heavy atom. The van der Waals surface area contributed by atoms with E-state index in [0.717, 1.165) is 11.0 Å². The molecule has 5 nitrogen and oxygen atoms in total. The molecule has 0 saturated heterocycles. The van der Waals surface area contributed by atoms with Crippen molar-refractivity contribution in [1.82, 2.24) is 4.90 Å². The van der Waals surface area contributed by atoms with Crippen molar-refractivity contribution in [1.29, 1.82) is 0 Å². The van der Waals surface area contributed by atoms with E-state index in [-0.39, 0.29) is 11.1 Å². The zero-order valence-corrected chi connectivity index (χ0v) is 12.4. The van der Waals surface area contributed by atoms with E-state index in [1.807, 2.05) is 0 Å². The van der Waals surface area contributed by atoms with Crippen LogP contribution in [-0.4, -0.2) is 29.4 Å². The maximum Gasteiger partial charge on any atom is 0.332 e. The van der Waals surface area contributed by atoms with Crippen LogP contribution in [-0.2, 0) is 9.53 Å². The third kappa shape index (κ3) is 3.08. The van der Waals surface area contributed by atoms with E-state index in [1.165, 1.54) is 24.3 Å². The highest BCUT2D eigenvalue weighted by molar-refractivity contribution is 6.21. The largest absolute Gasteiger partial charge is 0.441 e. The van der Waals surface area contributed by atoms with Gasteiger partial charge in [0, 0.05) is 6.08 Å². The van der Waals surface area contributed by atoms with Crippen LogP contribution in [0.1, 0.15) is 26.3 Å². The summed E-state index contributed by atoms with van der Waals surface area (Å²) in [5, 5.41) is 0. The molecule has 1 aliphatic rings. The molecule has 0 aromatic heterocycles. The van der Waals surface area contributed by atoms with Gasteiger partial charge in [0.1, 0.15) is 5.82 Å². The standard InChI is InChI=1S/C18H12FNO4/c19-13-5-3-4-12(10-13)8-9-16(21)24-11-20-17(22)14-6-1-2-7-15(14)18(20)23/h1-10H,11H2/b9-8+. The third-order valence-corrected chi connectivity index (χ3v) is 3.47. The van der Waals surface area contributed by atoms with Crippen LogP contribution in [0.4, 0.5) is 4.39 Å². The minimum absolute atomic E-state index is 0.286. The van der Waals surface area contributed by atoms with Gasteiger partial charge < -0.3 is 4.74 Å². The van der Waals surface area contributed by atoms with Gasteiger partial charge in [-0.3, -0.25) is 9.59 Å². The summed E-state index contributed by atoms with van der Waals surface area (Å²) >= 11 is 0. The fraction of sp³-hybridized carbons (Fsp3) is 0.0556. The minimum atomic E-state index is -0.740. The van der Waals surface area contributed by atoms with Crippen LogP contribution in [0, 0.1) is 5.82 Å². The van der Waals surface area contributed by atoms with E-state index in [2.05, 4.69) is 0 Å². The number of esters is 1. The van der Waals surface area contributed by atoms with E-state index >= 15 is 0 Å².